The Hall–Kier alpha value is -1.63. The second kappa shape index (κ2) is 7.77. The van der Waals surface area contributed by atoms with E-state index in [9.17, 15) is 9.59 Å². The van der Waals surface area contributed by atoms with Crippen LogP contribution in [0.4, 0.5) is 4.79 Å². The number of aromatic carboxylic acids is 1. The number of carbonyl (C=O) groups is 2. The molecule has 1 aromatic rings. The summed E-state index contributed by atoms with van der Waals surface area (Å²) in [5.41, 5.74) is -0.454. The number of hydrogen-bond donors (Lipinski definition) is 1. The minimum absolute atomic E-state index is 0.00188. The highest BCUT2D eigenvalue weighted by Gasteiger charge is 2.27. The molecule has 1 amide bonds. The minimum atomic E-state index is -1.02. The van der Waals surface area contributed by atoms with E-state index >= 15 is 0 Å². The lowest BCUT2D eigenvalue weighted by atomic mass is 9.98. The highest BCUT2D eigenvalue weighted by Crippen LogP contribution is 2.20. The molecule has 0 spiro atoms. The minimum Gasteiger partial charge on any atom is -0.476 e. The molecule has 1 aromatic heterocycles. The highest BCUT2D eigenvalue weighted by molar-refractivity contribution is 7.09. The molecule has 0 radical (unpaired) electrons. The SMILES string of the molecule is CC(C)C(CCc1nc(C(=O)O)cs1)N(C)C(=O)OC(C)(C)C. The van der Waals surface area contributed by atoms with Crippen molar-refractivity contribution in [3.8, 4) is 0 Å². The first kappa shape index (κ1) is 19.4. The largest absolute Gasteiger partial charge is 0.476 e. The predicted molar refractivity (Wildman–Crippen MR) is 90.0 cm³/mol. The molecule has 1 heterocycles. The quantitative estimate of drug-likeness (QED) is 0.853. The van der Waals surface area contributed by atoms with E-state index in [4.69, 9.17) is 9.84 Å². The van der Waals surface area contributed by atoms with Gasteiger partial charge in [0.25, 0.3) is 0 Å². The van der Waals surface area contributed by atoms with E-state index < -0.39 is 11.6 Å². The van der Waals surface area contributed by atoms with E-state index in [-0.39, 0.29) is 23.7 Å². The molecule has 7 heteroatoms. The molecule has 130 valence electrons. The van der Waals surface area contributed by atoms with Gasteiger partial charge in [-0.3, -0.25) is 0 Å². The van der Waals surface area contributed by atoms with Crippen LogP contribution >= 0.6 is 11.3 Å². The normalized spacial score (nSPS) is 13.0. The van der Waals surface area contributed by atoms with Crippen molar-refractivity contribution in [2.24, 2.45) is 5.92 Å². The molecule has 0 aliphatic rings. The predicted octanol–water partition coefficient (Wildman–Crippen LogP) is 3.67. The summed E-state index contributed by atoms with van der Waals surface area (Å²) in [6.45, 7) is 9.62. The van der Waals surface area contributed by atoms with E-state index in [1.54, 1.807) is 17.3 Å². The van der Waals surface area contributed by atoms with Crippen LogP contribution in [-0.2, 0) is 11.2 Å². The molecule has 0 aliphatic carbocycles. The fourth-order valence-electron chi connectivity index (χ4n) is 2.24. The Bertz CT molecular complexity index is 549. The number of amides is 1. The summed E-state index contributed by atoms with van der Waals surface area (Å²) < 4.78 is 5.41. The number of carboxylic acid groups (broad SMARTS) is 1. The van der Waals surface area contributed by atoms with Gasteiger partial charge in [0.05, 0.1) is 5.01 Å². The number of carbonyl (C=O) groups excluding carboxylic acids is 1. The monoisotopic (exact) mass is 342 g/mol. The molecule has 0 aromatic carbocycles. The molecule has 6 nitrogen and oxygen atoms in total. The van der Waals surface area contributed by atoms with Gasteiger partial charge in [-0.2, -0.15) is 0 Å². The molecule has 0 saturated carbocycles. The first-order valence-electron chi connectivity index (χ1n) is 7.64. The first-order valence-corrected chi connectivity index (χ1v) is 8.52. The number of aryl methyl sites for hydroxylation is 1. The Kier molecular flexibility index (Phi) is 6.56. The lowest BCUT2D eigenvalue weighted by Gasteiger charge is -2.33. The van der Waals surface area contributed by atoms with Crippen molar-refractivity contribution in [2.75, 3.05) is 7.05 Å². The van der Waals surface area contributed by atoms with Crippen LogP contribution in [0.2, 0.25) is 0 Å². The molecule has 1 atom stereocenters. The Labute approximate surface area is 141 Å². The third-order valence-corrected chi connectivity index (χ3v) is 4.28. The third-order valence-electron chi connectivity index (χ3n) is 3.37. The molecule has 0 bridgehead atoms. The lowest BCUT2D eigenvalue weighted by Crippen LogP contribution is -2.43. The smallest absolute Gasteiger partial charge is 0.410 e. The second-order valence-corrected chi connectivity index (χ2v) is 7.82. The van der Waals surface area contributed by atoms with Crippen LogP contribution in [0, 0.1) is 5.92 Å². The van der Waals surface area contributed by atoms with Crippen LogP contribution in [0.15, 0.2) is 5.38 Å². The molecule has 0 saturated heterocycles. The van der Waals surface area contributed by atoms with Gasteiger partial charge in [-0.05, 0) is 33.1 Å². The fourth-order valence-corrected chi connectivity index (χ4v) is 3.03. The maximum atomic E-state index is 12.2. The van der Waals surface area contributed by atoms with Crippen molar-refractivity contribution in [2.45, 2.75) is 59.1 Å². The van der Waals surface area contributed by atoms with Crippen molar-refractivity contribution >= 4 is 23.4 Å². The van der Waals surface area contributed by atoms with E-state index in [0.29, 0.717) is 12.8 Å². The fraction of sp³-hybridized carbons (Fsp3) is 0.688. The van der Waals surface area contributed by atoms with Gasteiger partial charge in [0.15, 0.2) is 5.69 Å². The zero-order valence-corrected chi connectivity index (χ0v) is 15.4. The maximum absolute atomic E-state index is 12.2. The lowest BCUT2D eigenvalue weighted by molar-refractivity contribution is 0.0170. The number of nitrogens with zero attached hydrogens (tertiary/aromatic N) is 2. The number of ether oxygens (including phenoxy) is 1. The Morgan fingerprint density at radius 3 is 2.43 bits per heavy atom. The molecule has 1 unspecified atom stereocenters. The van der Waals surface area contributed by atoms with Crippen LogP contribution in [0.25, 0.3) is 0 Å². The number of thiazole rings is 1. The Morgan fingerprint density at radius 2 is 2.00 bits per heavy atom. The number of rotatable bonds is 6. The van der Waals surface area contributed by atoms with Crippen LogP contribution in [0.1, 0.15) is 56.5 Å². The van der Waals surface area contributed by atoms with Gasteiger partial charge in [-0.25, -0.2) is 14.6 Å². The highest BCUT2D eigenvalue weighted by atomic mass is 32.1. The first-order chi connectivity index (χ1) is 10.5. The zero-order valence-electron chi connectivity index (χ0n) is 14.6. The number of aromatic nitrogens is 1. The summed E-state index contributed by atoms with van der Waals surface area (Å²) in [4.78, 5) is 28.8. The van der Waals surface area contributed by atoms with E-state index in [2.05, 4.69) is 18.8 Å². The van der Waals surface area contributed by atoms with Crippen molar-refractivity contribution in [3.05, 3.63) is 16.1 Å². The summed E-state index contributed by atoms with van der Waals surface area (Å²) >= 11 is 1.34. The molecule has 0 aliphatic heterocycles. The summed E-state index contributed by atoms with van der Waals surface area (Å²) in [6.07, 6.45) is 0.995. The second-order valence-electron chi connectivity index (χ2n) is 6.87. The molecule has 23 heavy (non-hydrogen) atoms. The van der Waals surface area contributed by atoms with Crippen molar-refractivity contribution in [1.82, 2.24) is 9.88 Å². The third kappa shape index (κ3) is 6.17. The van der Waals surface area contributed by atoms with E-state index in [1.165, 1.54) is 11.3 Å². The number of carboxylic acids is 1. The van der Waals surface area contributed by atoms with Gasteiger partial charge in [-0.1, -0.05) is 13.8 Å². The zero-order chi connectivity index (χ0) is 17.8. The maximum Gasteiger partial charge on any atom is 0.410 e. The van der Waals surface area contributed by atoms with Gasteiger partial charge in [0.2, 0.25) is 0 Å². The summed E-state index contributed by atoms with van der Waals surface area (Å²) in [6, 6.07) is 0.00188. The van der Waals surface area contributed by atoms with Crippen LogP contribution < -0.4 is 0 Å². The summed E-state index contributed by atoms with van der Waals surface area (Å²) in [7, 11) is 1.74. The van der Waals surface area contributed by atoms with E-state index in [1.807, 2.05) is 20.8 Å². The van der Waals surface area contributed by atoms with E-state index in [0.717, 1.165) is 5.01 Å². The summed E-state index contributed by atoms with van der Waals surface area (Å²) in [5, 5.41) is 11.2. The average Bonchev–Trinajstić information content (AvgIpc) is 2.85. The summed E-state index contributed by atoms with van der Waals surface area (Å²) in [5.74, 6) is -0.759. The van der Waals surface area contributed by atoms with Gasteiger partial charge >= 0.3 is 12.1 Å². The van der Waals surface area contributed by atoms with Crippen molar-refractivity contribution < 1.29 is 19.4 Å². The van der Waals surface area contributed by atoms with Crippen molar-refractivity contribution in [3.63, 3.8) is 0 Å². The van der Waals surface area contributed by atoms with Crippen LogP contribution in [-0.4, -0.2) is 45.7 Å². The number of hydrogen-bond acceptors (Lipinski definition) is 5. The molecule has 1 N–H and O–H groups in total. The molecule has 0 fully saturated rings. The van der Waals surface area contributed by atoms with Gasteiger partial charge < -0.3 is 14.7 Å². The standard InChI is InChI=1S/C16H26N2O4S/c1-10(2)12(18(6)15(21)22-16(3,4)5)7-8-13-17-11(9-23-13)14(19)20/h9-10,12H,7-8H2,1-6H3,(H,19,20). The Morgan fingerprint density at radius 1 is 1.39 bits per heavy atom. The topological polar surface area (TPSA) is 79.7 Å². The average molecular weight is 342 g/mol. The van der Waals surface area contributed by atoms with Crippen LogP contribution in [0.3, 0.4) is 0 Å². The van der Waals surface area contributed by atoms with Gasteiger partial charge in [0.1, 0.15) is 5.60 Å². The molecular formula is C16H26N2O4S. The molecular weight excluding hydrogens is 316 g/mol. The molecule has 1 rings (SSSR count). The Balaban J connectivity index is 2.70. The van der Waals surface area contributed by atoms with Crippen LogP contribution in [0.5, 0.6) is 0 Å². The van der Waals surface area contributed by atoms with Gasteiger partial charge in [-0.15, -0.1) is 11.3 Å². The van der Waals surface area contributed by atoms with Crippen molar-refractivity contribution in [1.29, 1.82) is 0 Å². The van der Waals surface area contributed by atoms with Gasteiger partial charge in [0, 0.05) is 24.9 Å².